The minimum Gasteiger partial charge on any atom is -0.443 e. The molecule has 39 heavy (non-hydrogen) atoms. The molecule has 0 unspecified atom stereocenters. The molecule has 1 saturated heterocycles. The molecule has 0 aromatic heterocycles. The van der Waals surface area contributed by atoms with Crippen molar-refractivity contribution in [1.29, 1.82) is 0 Å². The summed E-state index contributed by atoms with van der Waals surface area (Å²) >= 11 is 0. The zero-order valence-electron chi connectivity index (χ0n) is 28.2. The number of nitrogens with zero attached hydrogens (tertiary/aromatic N) is 1. The van der Waals surface area contributed by atoms with Gasteiger partial charge in [0.05, 0.1) is 28.1 Å². The molecule has 0 aromatic carbocycles. The van der Waals surface area contributed by atoms with Gasteiger partial charge in [-0.25, -0.2) is 9.69 Å². The van der Waals surface area contributed by atoms with Crippen LogP contribution in [0.1, 0.15) is 110 Å². The first kappa shape index (κ1) is 35.9. The molecule has 0 bridgehead atoms. The zero-order valence-corrected chi connectivity index (χ0v) is 30.2. The van der Waals surface area contributed by atoms with Crippen LogP contribution in [0.3, 0.4) is 0 Å². The maximum atomic E-state index is 13.6. The summed E-state index contributed by atoms with van der Waals surface area (Å²) in [5.41, 5.74) is 3.35. The van der Waals surface area contributed by atoms with Crippen LogP contribution in [0.5, 0.6) is 0 Å². The number of hydrogen-bond acceptors (Lipinski definition) is 3. The Morgan fingerprint density at radius 1 is 0.769 bits per heavy atom. The number of likely N-dealkylation sites (tertiary alicyclic amines) is 1. The van der Waals surface area contributed by atoms with Gasteiger partial charge in [0.1, 0.15) is 5.60 Å². The molecule has 0 radical (unpaired) electrons. The first-order valence-electron chi connectivity index (χ1n) is 15.6. The lowest BCUT2D eigenvalue weighted by Gasteiger charge is -2.42. The standard InChI is InChI=1S/C33H63NO3Si2/c1-23(2)38(24(3)4,25(5)6)20-16-18-29-22-30(34(31(29)35)32(36)37-33(13,14)15)19-17-21-39(26(7)8,27(9)10)28(11)12/h16-19,23-30H,20-22H2,1-15H3/b18-16+,19-17+/t29-,30+/m1/s1. The van der Waals surface area contributed by atoms with E-state index in [2.05, 4.69) is 107 Å². The van der Waals surface area contributed by atoms with Crippen molar-refractivity contribution in [2.24, 2.45) is 5.92 Å². The highest BCUT2D eigenvalue weighted by atomic mass is 28.3. The first-order valence-corrected chi connectivity index (χ1v) is 20.5. The molecule has 2 amide bonds. The molecule has 1 fully saturated rings. The summed E-state index contributed by atoms with van der Waals surface area (Å²) in [6.07, 6.45) is 8.93. The Morgan fingerprint density at radius 3 is 1.46 bits per heavy atom. The second kappa shape index (κ2) is 14.2. The molecule has 1 aliphatic rings. The number of ether oxygens (including phenoxy) is 1. The van der Waals surface area contributed by atoms with E-state index in [0.29, 0.717) is 39.7 Å². The van der Waals surface area contributed by atoms with Gasteiger partial charge >= 0.3 is 6.09 Å². The predicted octanol–water partition coefficient (Wildman–Crippen LogP) is 10.6. The second-order valence-electron chi connectivity index (χ2n) is 15.0. The fourth-order valence-corrected chi connectivity index (χ4v) is 19.9. The van der Waals surface area contributed by atoms with Crippen LogP contribution in [-0.4, -0.2) is 44.7 Å². The molecule has 2 atom stereocenters. The number of imide groups is 1. The lowest BCUT2D eigenvalue weighted by molar-refractivity contribution is -0.129. The topological polar surface area (TPSA) is 46.6 Å². The molecule has 1 aliphatic heterocycles. The van der Waals surface area contributed by atoms with E-state index in [-0.39, 0.29) is 17.9 Å². The molecule has 226 valence electrons. The highest BCUT2D eigenvalue weighted by molar-refractivity contribution is 6.84. The van der Waals surface area contributed by atoms with Crippen molar-refractivity contribution in [3.05, 3.63) is 24.3 Å². The number of carbonyl (C=O) groups excluding carboxylic acids is 2. The highest BCUT2D eigenvalue weighted by Gasteiger charge is 2.45. The Morgan fingerprint density at radius 2 is 1.13 bits per heavy atom. The molecule has 4 nitrogen and oxygen atoms in total. The number of amides is 2. The highest BCUT2D eigenvalue weighted by Crippen LogP contribution is 2.46. The average Bonchev–Trinajstić information content (AvgIpc) is 3.06. The Balaban J connectivity index is 3.33. The fourth-order valence-electron chi connectivity index (χ4n) is 7.95. The summed E-state index contributed by atoms with van der Waals surface area (Å²) in [5, 5.41) is 0. The van der Waals surface area contributed by atoms with E-state index in [4.69, 9.17) is 4.74 Å². The van der Waals surface area contributed by atoms with Crippen LogP contribution < -0.4 is 0 Å². The lowest BCUT2D eigenvalue weighted by atomic mass is 10.0. The molecule has 0 spiro atoms. The van der Waals surface area contributed by atoms with Gasteiger partial charge in [0.2, 0.25) is 5.91 Å². The van der Waals surface area contributed by atoms with Gasteiger partial charge in [-0.1, -0.05) is 141 Å². The van der Waals surface area contributed by atoms with E-state index in [1.54, 1.807) is 0 Å². The average molecular weight is 578 g/mol. The summed E-state index contributed by atoms with van der Waals surface area (Å²) in [5.74, 6) is -0.409. The number of hydrogen-bond donors (Lipinski definition) is 0. The van der Waals surface area contributed by atoms with E-state index in [1.165, 1.54) is 4.90 Å². The third-order valence-electron chi connectivity index (χ3n) is 10.1. The SMILES string of the molecule is CC(C)[Si](C/C=C/[C@@H]1C[C@H](/C=C/C[Si](C(C)C)(C(C)C)C(C)C)N(C(=O)OC(C)(C)C)C1=O)(C(C)C)C(C)C. The fraction of sp³-hybridized carbons (Fsp3) is 0.818. The third kappa shape index (κ3) is 8.21. The van der Waals surface area contributed by atoms with Gasteiger partial charge in [-0.15, -0.1) is 0 Å². The van der Waals surface area contributed by atoms with E-state index < -0.39 is 27.8 Å². The van der Waals surface area contributed by atoms with Gasteiger partial charge in [0.25, 0.3) is 0 Å². The van der Waals surface area contributed by atoms with Crippen LogP contribution in [0.2, 0.25) is 45.3 Å². The summed E-state index contributed by atoms with van der Waals surface area (Å²) in [7, 11) is -3.21. The smallest absolute Gasteiger partial charge is 0.417 e. The quantitative estimate of drug-likeness (QED) is 0.171. The van der Waals surface area contributed by atoms with E-state index >= 15 is 0 Å². The van der Waals surface area contributed by atoms with Gasteiger partial charge in [0, 0.05) is 0 Å². The minimum atomic E-state index is -1.61. The van der Waals surface area contributed by atoms with Gasteiger partial charge in [-0.3, -0.25) is 4.79 Å². The Bertz CT molecular complexity index is 821. The van der Waals surface area contributed by atoms with E-state index in [0.717, 1.165) is 12.1 Å². The van der Waals surface area contributed by atoms with Crippen LogP contribution in [0.4, 0.5) is 4.79 Å². The molecular formula is C33H63NO3Si2. The maximum absolute atomic E-state index is 13.6. The Kier molecular flexibility index (Phi) is 13.0. The molecule has 0 N–H and O–H groups in total. The normalized spacial score (nSPS) is 20.0. The lowest BCUT2D eigenvalue weighted by Crippen LogP contribution is -2.44. The van der Waals surface area contributed by atoms with E-state index in [1.807, 2.05) is 20.8 Å². The molecule has 6 heteroatoms. The van der Waals surface area contributed by atoms with Gasteiger partial charge in [-0.2, -0.15) is 0 Å². The van der Waals surface area contributed by atoms with Crippen molar-refractivity contribution >= 4 is 28.1 Å². The van der Waals surface area contributed by atoms with Crippen molar-refractivity contribution < 1.29 is 14.3 Å². The third-order valence-corrected chi connectivity index (χ3v) is 24.9. The van der Waals surface area contributed by atoms with Crippen molar-refractivity contribution in [2.45, 2.75) is 167 Å². The van der Waals surface area contributed by atoms with Crippen LogP contribution in [0.15, 0.2) is 24.3 Å². The maximum Gasteiger partial charge on any atom is 0.417 e. The zero-order chi connectivity index (χ0) is 30.5. The first-order chi connectivity index (χ1) is 17.8. The Labute approximate surface area is 244 Å². The van der Waals surface area contributed by atoms with Crippen LogP contribution in [0.25, 0.3) is 0 Å². The summed E-state index contributed by atoms with van der Waals surface area (Å²) in [6.45, 7) is 34.1. The second-order valence-corrected chi connectivity index (χ2v) is 27.2. The largest absolute Gasteiger partial charge is 0.443 e. The Hall–Kier alpha value is -1.15. The monoisotopic (exact) mass is 577 g/mol. The number of allylic oxidation sites excluding steroid dienone is 2. The van der Waals surface area contributed by atoms with Crippen molar-refractivity contribution in [2.75, 3.05) is 0 Å². The number of carbonyl (C=O) groups is 2. The van der Waals surface area contributed by atoms with Crippen LogP contribution in [-0.2, 0) is 9.53 Å². The minimum absolute atomic E-state index is 0.124. The molecule has 0 saturated carbocycles. The van der Waals surface area contributed by atoms with Crippen molar-refractivity contribution in [3.63, 3.8) is 0 Å². The van der Waals surface area contributed by atoms with Crippen molar-refractivity contribution in [1.82, 2.24) is 4.90 Å². The van der Waals surface area contributed by atoms with Gasteiger partial charge in [0.15, 0.2) is 0 Å². The molecule has 0 aromatic rings. The van der Waals surface area contributed by atoms with Gasteiger partial charge in [-0.05, 0) is 39.3 Å². The molecule has 0 aliphatic carbocycles. The van der Waals surface area contributed by atoms with Crippen molar-refractivity contribution in [3.8, 4) is 0 Å². The molecule has 1 heterocycles. The number of rotatable bonds is 12. The van der Waals surface area contributed by atoms with Crippen LogP contribution in [0, 0.1) is 5.92 Å². The predicted molar refractivity (Wildman–Crippen MR) is 175 cm³/mol. The van der Waals surface area contributed by atoms with Crippen LogP contribution >= 0.6 is 0 Å². The summed E-state index contributed by atoms with van der Waals surface area (Å²) in [4.78, 5) is 28.3. The summed E-state index contributed by atoms with van der Waals surface area (Å²) in [6, 6.07) is 1.88. The molecule has 1 rings (SSSR count). The summed E-state index contributed by atoms with van der Waals surface area (Å²) < 4.78 is 5.71. The van der Waals surface area contributed by atoms with Gasteiger partial charge < -0.3 is 4.74 Å². The van der Waals surface area contributed by atoms with E-state index in [9.17, 15) is 9.59 Å². The molecular weight excluding hydrogens is 515 g/mol.